The smallest absolute Gasteiger partial charge is 0.116 e. The van der Waals surface area contributed by atoms with Crippen molar-refractivity contribution in [3.8, 4) is 6.07 Å². The minimum absolute atomic E-state index is 0.297. The summed E-state index contributed by atoms with van der Waals surface area (Å²) < 4.78 is 0. The zero-order valence-electron chi connectivity index (χ0n) is 11.3. The monoisotopic (exact) mass is 264 g/mol. The Labute approximate surface area is 113 Å². The van der Waals surface area contributed by atoms with Crippen LogP contribution in [0.5, 0.6) is 0 Å². The number of thioether (sulfide) groups is 1. The highest BCUT2D eigenvalue weighted by molar-refractivity contribution is 7.99. The maximum Gasteiger partial charge on any atom is 0.116 e. The van der Waals surface area contributed by atoms with Gasteiger partial charge >= 0.3 is 0 Å². The summed E-state index contributed by atoms with van der Waals surface area (Å²) in [5, 5.41) is 13.9. The predicted octanol–water partition coefficient (Wildman–Crippen LogP) is 2.63. The second-order valence-corrected chi connectivity index (χ2v) is 6.38. The van der Waals surface area contributed by atoms with Gasteiger partial charge in [0.1, 0.15) is 11.9 Å². The summed E-state index contributed by atoms with van der Waals surface area (Å²) in [5.74, 6) is 0. The number of hydrogen-bond donors (Lipinski definition) is 1. The molecule has 5 heteroatoms. The fraction of sp³-hybridized carbons (Fsp3) is 0.615. The van der Waals surface area contributed by atoms with Gasteiger partial charge in [-0.3, -0.25) is 5.32 Å². The lowest BCUT2D eigenvalue weighted by Gasteiger charge is -2.28. The number of nitriles is 1. The van der Waals surface area contributed by atoms with Crippen LogP contribution in [-0.4, -0.2) is 26.8 Å². The molecule has 2 unspecified atom stereocenters. The molecule has 98 valence electrons. The Morgan fingerprint density at radius 3 is 2.72 bits per heavy atom. The van der Waals surface area contributed by atoms with Crippen molar-refractivity contribution in [3.05, 3.63) is 18.6 Å². The standard InChI is InChI=1S/C13H20N4S/c1-10(2)17-13(4,8-14)7-11(3)18-12-5-6-15-9-16-12/h5-6,9-11,17H,7H2,1-4H3. The van der Waals surface area contributed by atoms with Crippen LogP contribution >= 0.6 is 11.8 Å². The lowest BCUT2D eigenvalue weighted by Crippen LogP contribution is -2.46. The molecule has 0 radical (unpaired) electrons. The fourth-order valence-electron chi connectivity index (χ4n) is 1.94. The number of hydrogen-bond acceptors (Lipinski definition) is 5. The van der Waals surface area contributed by atoms with Gasteiger partial charge in [0.2, 0.25) is 0 Å². The van der Waals surface area contributed by atoms with Crippen molar-refractivity contribution in [3.63, 3.8) is 0 Å². The van der Waals surface area contributed by atoms with Crippen molar-refractivity contribution in [2.45, 2.75) is 56.0 Å². The summed E-state index contributed by atoms with van der Waals surface area (Å²) in [5.41, 5.74) is -0.492. The van der Waals surface area contributed by atoms with Gasteiger partial charge in [-0.15, -0.1) is 11.8 Å². The summed E-state index contributed by atoms with van der Waals surface area (Å²) >= 11 is 1.67. The fourth-order valence-corrected chi connectivity index (χ4v) is 3.02. The van der Waals surface area contributed by atoms with Crippen LogP contribution < -0.4 is 5.32 Å². The molecular formula is C13H20N4S. The Bertz CT molecular complexity index is 401. The molecule has 0 aliphatic heterocycles. The second kappa shape index (κ2) is 6.72. The van der Waals surface area contributed by atoms with Gasteiger partial charge in [0.05, 0.1) is 11.1 Å². The Morgan fingerprint density at radius 1 is 1.50 bits per heavy atom. The molecule has 0 spiro atoms. The quantitative estimate of drug-likeness (QED) is 0.632. The van der Waals surface area contributed by atoms with E-state index >= 15 is 0 Å². The van der Waals surface area contributed by atoms with Crippen LogP contribution in [0.3, 0.4) is 0 Å². The Morgan fingerprint density at radius 2 is 2.22 bits per heavy atom. The van der Waals surface area contributed by atoms with E-state index in [1.165, 1.54) is 0 Å². The summed E-state index contributed by atoms with van der Waals surface area (Å²) in [6, 6.07) is 4.56. The SMILES string of the molecule is CC(C)NC(C)(C#N)CC(C)Sc1ccncn1. The van der Waals surface area contributed by atoms with Crippen molar-refractivity contribution >= 4 is 11.8 Å². The first-order valence-corrected chi connectivity index (χ1v) is 6.95. The van der Waals surface area contributed by atoms with E-state index in [4.69, 9.17) is 0 Å². The summed E-state index contributed by atoms with van der Waals surface area (Å²) in [7, 11) is 0. The molecule has 0 saturated heterocycles. The number of aromatic nitrogens is 2. The van der Waals surface area contributed by atoms with E-state index in [1.54, 1.807) is 24.3 Å². The summed E-state index contributed by atoms with van der Waals surface area (Å²) in [6.07, 6.45) is 4.05. The topological polar surface area (TPSA) is 61.6 Å². The van der Waals surface area contributed by atoms with E-state index in [0.717, 1.165) is 11.4 Å². The van der Waals surface area contributed by atoms with E-state index in [0.29, 0.717) is 11.3 Å². The molecule has 0 amide bonds. The highest BCUT2D eigenvalue weighted by atomic mass is 32.2. The second-order valence-electron chi connectivity index (χ2n) is 4.92. The van der Waals surface area contributed by atoms with E-state index < -0.39 is 5.54 Å². The van der Waals surface area contributed by atoms with Crippen LogP contribution in [-0.2, 0) is 0 Å². The van der Waals surface area contributed by atoms with Crippen molar-refractivity contribution in [2.24, 2.45) is 0 Å². The molecule has 0 saturated carbocycles. The average Bonchev–Trinajstić information content (AvgIpc) is 2.28. The highest BCUT2D eigenvalue weighted by Gasteiger charge is 2.27. The maximum atomic E-state index is 9.30. The van der Waals surface area contributed by atoms with E-state index in [1.807, 2.05) is 13.0 Å². The number of nitrogens with zero attached hydrogens (tertiary/aromatic N) is 3. The number of nitrogens with one attached hydrogen (secondary N) is 1. The maximum absolute atomic E-state index is 9.30. The minimum atomic E-state index is -0.492. The van der Waals surface area contributed by atoms with E-state index in [9.17, 15) is 5.26 Å². The lowest BCUT2D eigenvalue weighted by molar-refractivity contribution is 0.382. The van der Waals surface area contributed by atoms with Crippen LogP contribution in [0.1, 0.15) is 34.1 Å². The predicted molar refractivity (Wildman–Crippen MR) is 74.3 cm³/mol. The van der Waals surface area contributed by atoms with Crippen molar-refractivity contribution in [2.75, 3.05) is 0 Å². The molecular weight excluding hydrogens is 244 g/mol. The van der Waals surface area contributed by atoms with Gasteiger partial charge in [0.25, 0.3) is 0 Å². The minimum Gasteiger partial charge on any atom is -0.297 e. The molecule has 0 bridgehead atoms. The van der Waals surface area contributed by atoms with Crippen LogP contribution in [0.4, 0.5) is 0 Å². The summed E-state index contributed by atoms with van der Waals surface area (Å²) in [4.78, 5) is 8.08. The molecule has 1 aromatic rings. The van der Waals surface area contributed by atoms with Crippen LogP contribution in [0.15, 0.2) is 23.6 Å². The van der Waals surface area contributed by atoms with Gasteiger partial charge in [-0.1, -0.05) is 6.92 Å². The Balaban J connectivity index is 2.58. The van der Waals surface area contributed by atoms with Crippen molar-refractivity contribution in [1.82, 2.24) is 15.3 Å². The molecule has 1 heterocycles. The lowest BCUT2D eigenvalue weighted by atomic mass is 9.97. The third kappa shape index (κ3) is 5.03. The van der Waals surface area contributed by atoms with E-state index in [-0.39, 0.29) is 0 Å². The van der Waals surface area contributed by atoms with Gasteiger partial charge in [-0.25, -0.2) is 9.97 Å². The summed E-state index contributed by atoms with van der Waals surface area (Å²) in [6.45, 7) is 8.17. The normalized spacial score (nSPS) is 16.0. The largest absolute Gasteiger partial charge is 0.297 e. The van der Waals surface area contributed by atoms with Gasteiger partial charge in [0, 0.05) is 17.5 Å². The first-order chi connectivity index (χ1) is 8.45. The molecule has 0 aromatic carbocycles. The molecule has 0 aliphatic rings. The van der Waals surface area contributed by atoms with Crippen LogP contribution in [0, 0.1) is 11.3 Å². The molecule has 2 atom stereocenters. The number of rotatable bonds is 6. The van der Waals surface area contributed by atoms with E-state index in [2.05, 4.69) is 42.1 Å². The third-order valence-electron chi connectivity index (χ3n) is 2.43. The Hall–Kier alpha value is -1.12. The van der Waals surface area contributed by atoms with Crippen LogP contribution in [0.2, 0.25) is 0 Å². The molecule has 1 rings (SSSR count). The first-order valence-electron chi connectivity index (χ1n) is 6.07. The zero-order chi connectivity index (χ0) is 13.6. The third-order valence-corrected chi connectivity index (χ3v) is 3.48. The van der Waals surface area contributed by atoms with Crippen molar-refractivity contribution in [1.29, 1.82) is 5.26 Å². The average molecular weight is 264 g/mol. The molecule has 18 heavy (non-hydrogen) atoms. The highest BCUT2D eigenvalue weighted by Crippen LogP contribution is 2.26. The first kappa shape index (κ1) is 14.9. The molecule has 0 fully saturated rings. The van der Waals surface area contributed by atoms with Gasteiger partial charge < -0.3 is 0 Å². The molecule has 4 nitrogen and oxygen atoms in total. The molecule has 1 aromatic heterocycles. The van der Waals surface area contributed by atoms with Crippen molar-refractivity contribution < 1.29 is 0 Å². The molecule has 1 N–H and O–H groups in total. The van der Waals surface area contributed by atoms with Gasteiger partial charge in [0.15, 0.2) is 0 Å². The molecule has 0 aliphatic carbocycles. The Kier molecular flexibility index (Phi) is 5.57. The van der Waals surface area contributed by atoms with Gasteiger partial charge in [-0.2, -0.15) is 5.26 Å². The zero-order valence-corrected chi connectivity index (χ0v) is 12.2. The van der Waals surface area contributed by atoms with Crippen LogP contribution in [0.25, 0.3) is 0 Å². The van der Waals surface area contributed by atoms with Gasteiger partial charge in [-0.05, 0) is 33.3 Å².